The quantitative estimate of drug-likeness (QED) is 0.932. The van der Waals surface area contributed by atoms with E-state index in [0.717, 1.165) is 18.4 Å². The summed E-state index contributed by atoms with van der Waals surface area (Å²) >= 11 is 0. The molecule has 1 saturated heterocycles. The Morgan fingerprint density at radius 3 is 2.40 bits per heavy atom. The van der Waals surface area contributed by atoms with Gasteiger partial charge in [0.1, 0.15) is 0 Å². The van der Waals surface area contributed by atoms with Gasteiger partial charge in [0.2, 0.25) is 10.0 Å². The van der Waals surface area contributed by atoms with Crippen molar-refractivity contribution in [2.24, 2.45) is 11.1 Å². The molecule has 1 heterocycles. The smallest absolute Gasteiger partial charge is 0.243 e. The molecule has 2 rings (SSSR count). The number of sulfonamides is 1. The van der Waals surface area contributed by atoms with E-state index in [2.05, 4.69) is 13.8 Å². The van der Waals surface area contributed by atoms with E-state index in [0.29, 0.717) is 18.0 Å². The largest absolute Gasteiger partial charge is 0.324 e. The Bertz CT molecular complexity index is 569. The van der Waals surface area contributed by atoms with Crippen molar-refractivity contribution >= 4 is 10.0 Å². The first kappa shape index (κ1) is 15.5. The van der Waals surface area contributed by atoms with E-state index in [1.165, 1.54) is 0 Å². The predicted molar refractivity (Wildman–Crippen MR) is 80.8 cm³/mol. The van der Waals surface area contributed by atoms with E-state index in [1.54, 1.807) is 22.5 Å². The zero-order chi connectivity index (χ0) is 15.0. The van der Waals surface area contributed by atoms with Gasteiger partial charge in [-0.25, -0.2) is 8.42 Å². The maximum absolute atomic E-state index is 12.7. The van der Waals surface area contributed by atoms with Gasteiger partial charge in [-0.15, -0.1) is 0 Å². The molecule has 20 heavy (non-hydrogen) atoms. The van der Waals surface area contributed by atoms with Crippen molar-refractivity contribution in [1.29, 1.82) is 0 Å². The lowest BCUT2D eigenvalue weighted by Gasteiger charge is -2.36. The van der Waals surface area contributed by atoms with Gasteiger partial charge in [0, 0.05) is 19.1 Å². The second kappa shape index (κ2) is 5.47. The molecule has 0 aliphatic carbocycles. The summed E-state index contributed by atoms with van der Waals surface area (Å²) in [7, 11) is -3.39. The van der Waals surface area contributed by atoms with Crippen LogP contribution >= 0.6 is 0 Å². The zero-order valence-electron chi connectivity index (χ0n) is 12.5. The Balaban J connectivity index is 2.25. The van der Waals surface area contributed by atoms with Crippen molar-refractivity contribution in [3.63, 3.8) is 0 Å². The van der Waals surface area contributed by atoms with Crippen LogP contribution in [0.3, 0.4) is 0 Å². The second-order valence-corrected chi connectivity index (χ2v) is 8.37. The second-order valence-electron chi connectivity index (χ2n) is 6.43. The maximum atomic E-state index is 12.7. The van der Waals surface area contributed by atoms with Crippen LogP contribution in [-0.4, -0.2) is 25.8 Å². The summed E-state index contributed by atoms with van der Waals surface area (Å²) in [6.45, 7) is 7.42. The molecule has 1 aliphatic heterocycles. The van der Waals surface area contributed by atoms with Crippen LogP contribution in [-0.2, 0) is 10.0 Å². The molecule has 0 radical (unpaired) electrons. The summed E-state index contributed by atoms with van der Waals surface area (Å²) in [5.74, 6) is 0. The highest BCUT2D eigenvalue weighted by Crippen LogP contribution is 2.32. The summed E-state index contributed by atoms with van der Waals surface area (Å²) in [6, 6.07) is 6.81. The topological polar surface area (TPSA) is 63.4 Å². The molecule has 0 spiro atoms. The third-order valence-electron chi connectivity index (χ3n) is 4.10. The Hall–Kier alpha value is -0.910. The molecule has 4 nitrogen and oxygen atoms in total. The van der Waals surface area contributed by atoms with Gasteiger partial charge in [0.05, 0.1) is 4.90 Å². The number of benzene rings is 1. The van der Waals surface area contributed by atoms with Crippen LogP contribution in [0.4, 0.5) is 0 Å². The lowest BCUT2D eigenvalue weighted by molar-refractivity contribution is 0.196. The SMILES string of the molecule is CC(N)c1cccc(S(=O)(=O)N2CCC(C)(C)CC2)c1. The summed E-state index contributed by atoms with van der Waals surface area (Å²) in [6.07, 6.45) is 1.80. The summed E-state index contributed by atoms with van der Waals surface area (Å²) in [4.78, 5) is 0.354. The van der Waals surface area contributed by atoms with E-state index in [4.69, 9.17) is 5.73 Å². The summed E-state index contributed by atoms with van der Waals surface area (Å²) < 4.78 is 26.9. The zero-order valence-corrected chi connectivity index (χ0v) is 13.3. The van der Waals surface area contributed by atoms with Crippen molar-refractivity contribution in [3.8, 4) is 0 Å². The summed E-state index contributed by atoms with van der Waals surface area (Å²) in [5, 5.41) is 0. The van der Waals surface area contributed by atoms with Crippen LogP contribution in [0.1, 0.15) is 45.2 Å². The van der Waals surface area contributed by atoms with E-state index in [1.807, 2.05) is 13.0 Å². The van der Waals surface area contributed by atoms with Gasteiger partial charge in [0.25, 0.3) is 0 Å². The fourth-order valence-electron chi connectivity index (χ4n) is 2.44. The first-order chi connectivity index (χ1) is 9.22. The van der Waals surface area contributed by atoms with E-state index in [9.17, 15) is 8.42 Å². The van der Waals surface area contributed by atoms with Crippen molar-refractivity contribution in [3.05, 3.63) is 29.8 Å². The lowest BCUT2D eigenvalue weighted by Crippen LogP contribution is -2.41. The molecule has 1 fully saturated rings. The van der Waals surface area contributed by atoms with Crippen molar-refractivity contribution in [1.82, 2.24) is 4.31 Å². The van der Waals surface area contributed by atoms with E-state index in [-0.39, 0.29) is 11.5 Å². The van der Waals surface area contributed by atoms with Crippen LogP contribution in [0, 0.1) is 5.41 Å². The highest BCUT2D eigenvalue weighted by molar-refractivity contribution is 7.89. The van der Waals surface area contributed by atoms with Gasteiger partial charge in [-0.1, -0.05) is 26.0 Å². The maximum Gasteiger partial charge on any atom is 0.243 e. The number of hydrogen-bond acceptors (Lipinski definition) is 3. The molecule has 0 saturated carbocycles. The van der Waals surface area contributed by atoms with Crippen LogP contribution in [0.2, 0.25) is 0 Å². The van der Waals surface area contributed by atoms with Crippen molar-refractivity contribution in [2.45, 2.75) is 44.6 Å². The first-order valence-electron chi connectivity index (χ1n) is 7.08. The Morgan fingerprint density at radius 2 is 1.85 bits per heavy atom. The Kier molecular flexibility index (Phi) is 4.23. The lowest BCUT2D eigenvalue weighted by atomic mass is 9.83. The standard InChI is InChI=1S/C15H24N2O2S/c1-12(16)13-5-4-6-14(11-13)20(18,19)17-9-7-15(2,3)8-10-17/h4-6,11-12H,7-10,16H2,1-3H3. The molecule has 2 N–H and O–H groups in total. The van der Waals surface area contributed by atoms with E-state index >= 15 is 0 Å². The molecule has 0 amide bonds. The molecular formula is C15H24N2O2S. The molecule has 0 aromatic heterocycles. The molecule has 1 aromatic rings. The van der Waals surface area contributed by atoms with Crippen molar-refractivity contribution < 1.29 is 8.42 Å². The minimum absolute atomic E-state index is 0.162. The van der Waals surface area contributed by atoms with Crippen LogP contribution < -0.4 is 5.73 Å². The fourth-order valence-corrected chi connectivity index (χ4v) is 3.94. The molecule has 1 unspecified atom stereocenters. The minimum Gasteiger partial charge on any atom is -0.324 e. The van der Waals surface area contributed by atoms with Gasteiger partial charge in [-0.05, 0) is 42.9 Å². The Labute approximate surface area is 122 Å². The first-order valence-corrected chi connectivity index (χ1v) is 8.52. The van der Waals surface area contributed by atoms with Gasteiger partial charge in [-0.2, -0.15) is 4.31 Å². The van der Waals surface area contributed by atoms with Crippen LogP contribution in [0.15, 0.2) is 29.2 Å². The van der Waals surface area contributed by atoms with Gasteiger partial charge < -0.3 is 5.73 Å². The van der Waals surface area contributed by atoms with Crippen LogP contribution in [0.5, 0.6) is 0 Å². The normalized spacial score (nSPS) is 21.6. The summed E-state index contributed by atoms with van der Waals surface area (Å²) in [5.41, 5.74) is 6.92. The molecule has 1 atom stereocenters. The van der Waals surface area contributed by atoms with Crippen molar-refractivity contribution in [2.75, 3.05) is 13.1 Å². The number of nitrogens with two attached hydrogens (primary N) is 1. The van der Waals surface area contributed by atoms with E-state index < -0.39 is 10.0 Å². The average Bonchev–Trinajstić information content (AvgIpc) is 2.38. The van der Waals surface area contributed by atoms with Gasteiger partial charge in [0.15, 0.2) is 0 Å². The van der Waals surface area contributed by atoms with Gasteiger partial charge >= 0.3 is 0 Å². The molecule has 112 valence electrons. The highest BCUT2D eigenvalue weighted by atomic mass is 32.2. The minimum atomic E-state index is -3.39. The van der Waals surface area contributed by atoms with Crippen LogP contribution in [0.25, 0.3) is 0 Å². The monoisotopic (exact) mass is 296 g/mol. The fraction of sp³-hybridized carbons (Fsp3) is 0.600. The number of nitrogens with zero attached hydrogens (tertiary/aromatic N) is 1. The molecule has 1 aromatic carbocycles. The third-order valence-corrected chi connectivity index (χ3v) is 5.99. The number of piperidine rings is 1. The average molecular weight is 296 g/mol. The third kappa shape index (κ3) is 3.22. The molecule has 0 bridgehead atoms. The number of hydrogen-bond donors (Lipinski definition) is 1. The highest BCUT2D eigenvalue weighted by Gasteiger charge is 2.32. The molecule has 1 aliphatic rings. The van der Waals surface area contributed by atoms with Gasteiger partial charge in [-0.3, -0.25) is 0 Å². The predicted octanol–water partition coefficient (Wildman–Crippen LogP) is 2.52. The molecular weight excluding hydrogens is 272 g/mol. The Morgan fingerprint density at radius 1 is 1.25 bits per heavy atom. The molecule has 5 heteroatoms. The number of rotatable bonds is 3.